The number of hydrogen-bond donors (Lipinski definition) is 1. The maximum Gasteiger partial charge on any atom is 0.193 e. The van der Waals surface area contributed by atoms with Gasteiger partial charge in [-0.1, -0.05) is 18.9 Å². The lowest BCUT2D eigenvalue weighted by atomic mass is 9.82. The first-order valence-corrected chi connectivity index (χ1v) is 11.0. The number of hydrogen-bond acceptors (Lipinski definition) is 3. The number of likely N-dealkylation sites (tertiary alicyclic amines) is 2. The summed E-state index contributed by atoms with van der Waals surface area (Å²) in [4.78, 5) is 11.3. The average Bonchev–Trinajstić information content (AvgIpc) is 3.40. The van der Waals surface area contributed by atoms with Crippen LogP contribution in [0.1, 0.15) is 49.4 Å². The minimum Gasteiger partial charge on any atom is -0.354 e. The van der Waals surface area contributed by atoms with E-state index in [-0.39, 0.29) is 0 Å². The van der Waals surface area contributed by atoms with E-state index < -0.39 is 0 Å². The Morgan fingerprint density at radius 2 is 1.92 bits per heavy atom. The summed E-state index contributed by atoms with van der Waals surface area (Å²) in [6.07, 6.45) is 8.37. The van der Waals surface area contributed by atoms with Crippen molar-refractivity contribution >= 4 is 17.3 Å². The molecule has 4 nitrogen and oxygen atoms in total. The molecule has 3 atom stereocenters. The Kier molecular flexibility index (Phi) is 5.61. The minimum absolute atomic E-state index is 0.490. The van der Waals surface area contributed by atoms with E-state index in [1.807, 2.05) is 18.4 Å². The standard InChI is InChI=1S/C20H32N4S/c1-21-20(24-14-16-7-2-3-8-17(16)15-24)22-13-18(19-9-6-12-25-19)23-10-4-5-11-23/h6,9,12,16-18H,2-5,7-8,10-11,13-15H2,1H3,(H,21,22). The molecular weight excluding hydrogens is 328 g/mol. The molecule has 3 unspecified atom stereocenters. The third-order valence-electron chi connectivity index (χ3n) is 6.39. The molecule has 2 saturated heterocycles. The summed E-state index contributed by atoms with van der Waals surface area (Å²) in [5.41, 5.74) is 0. The van der Waals surface area contributed by atoms with Gasteiger partial charge < -0.3 is 10.2 Å². The lowest BCUT2D eigenvalue weighted by Crippen LogP contribution is -2.44. The summed E-state index contributed by atoms with van der Waals surface area (Å²) >= 11 is 1.89. The summed E-state index contributed by atoms with van der Waals surface area (Å²) in [6, 6.07) is 4.97. The van der Waals surface area contributed by atoms with Crippen LogP contribution in [0.4, 0.5) is 0 Å². The number of guanidine groups is 1. The number of aliphatic imine (C=N–C) groups is 1. The van der Waals surface area contributed by atoms with Crippen molar-refractivity contribution in [3.05, 3.63) is 22.4 Å². The van der Waals surface area contributed by atoms with Gasteiger partial charge in [0.2, 0.25) is 0 Å². The molecule has 3 fully saturated rings. The smallest absolute Gasteiger partial charge is 0.193 e. The summed E-state index contributed by atoms with van der Waals surface area (Å²) in [7, 11) is 1.94. The molecule has 3 aliphatic rings. The van der Waals surface area contributed by atoms with Gasteiger partial charge in [-0.05, 0) is 62.1 Å². The summed E-state index contributed by atoms with van der Waals surface area (Å²) < 4.78 is 0. The second-order valence-electron chi connectivity index (χ2n) is 7.91. The summed E-state index contributed by atoms with van der Waals surface area (Å²) in [5.74, 6) is 2.92. The van der Waals surface area contributed by atoms with Gasteiger partial charge in [0.25, 0.3) is 0 Å². The van der Waals surface area contributed by atoms with Crippen LogP contribution in [-0.2, 0) is 0 Å². The first-order chi connectivity index (χ1) is 12.3. The van der Waals surface area contributed by atoms with Crippen molar-refractivity contribution in [2.24, 2.45) is 16.8 Å². The molecule has 25 heavy (non-hydrogen) atoms. The molecule has 4 rings (SSSR count). The molecule has 1 aromatic rings. The maximum absolute atomic E-state index is 4.62. The lowest BCUT2D eigenvalue weighted by molar-refractivity contribution is 0.247. The Morgan fingerprint density at radius 3 is 2.52 bits per heavy atom. The highest BCUT2D eigenvalue weighted by atomic mass is 32.1. The van der Waals surface area contributed by atoms with Gasteiger partial charge in [0.15, 0.2) is 5.96 Å². The van der Waals surface area contributed by atoms with Crippen molar-refractivity contribution < 1.29 is 0 Å². The molecule has 0 aromatic carbocycles. The van der Waals surface area contributed by atoms with E-state index in [2.05, 4.69) is 37.6 Å². The van der Waals surface area contributed by atoms with E-state index in [1.54, 1.807) is 0 Å². The van der Waals surface area contributed by atoms with Crippen LogP contribution < -0.4 is 5.32 Å². The third kappa shape index (κ3) is 3.87. The van der Waals surface area contributed by atoms with Gasteiger partial charge in [0.05, 0.1) is 6.04 Å². The van der Waals surface area contributed by atoms with E-state index in [9.17, 15) is 0 Å². The molecule has 1 N–H and O–H groups in total. The molecule has 0 amide bonds. The molecule has 3 heterocycles. The van der Waals surface area contributed by atoms with Crippen LogP contribution in [0.15, 0.2) is 22.5 Å². The van der Waals surface area contributed by atoms with E-state index in [1.165, 1.54) is 69.6 Å². The average molecular weight is 361 g/mol. The fraction of sp³-hybridized carbons (Fsp3) is 0.750. The van der Waals surface area contributed by atoms with Gasteiger partial charge in [-0.15, -0.1) is 11.3 Å². The molecular formula is C20H32N4S. The van der Waals surface area contributed by atoms with Crippen molar-refractivity contribution in [3.63, 3.8) is 0 Å². The topological polar surface area (TPSA) is 30.9 Å². The highest BCUT2D eigenvalue weighted by Crippen LogP contribution is 2.36. The SMILES string of the molecule is CN=C(NCC(c1cccs1)N1CCCC1)N1CC2CCCCC2C1. The lowest BCUT2D eigenvalue weighted by Gasteiger charge is -2.29. The second-order valence-corrected chi connectivity index (χ2v) is 8.89. The van der Waals surface area contributed by atoms with Crippen molar-refractivity contribution in [2.75, 3.05) is 39.8 Å². The van der Waals surface area contributed by atoms with Crippen molar-refractivity contribution in [1.82, 2.24) is 15.1 Å². The zero-order chi connectivity index (χ0) is 17.1. The molecule has 2 aliphatic heterocycles. The summed E-state index contributed by atoms with van der Waals surface area (Å²) in [5, 5.41) is 5.93. The summed E-state index contributed by atoms with van der Waals surface area (Å²) in [6.45, 7) is 5.85. The number of fused-ring (bicyclic) bond motifs is 1. The van der Waals surface area contributed by atoms with E-state index in [0.717, 1.165) is 24.3 Å². The fourth-order valence-corrected chi connectivity index (χ4v) is 5.90. The van der Waals surface area contributed by atoms with Crippen LogP contribution in [0.5, 0.6) is 0 Å². The van der Waals surface area contributed by atoms with Crippen LogP contribution in [-0.4, -0.2) is 55.5 Å². The predicted octanol–water partition coefficient (Wildman–Crippen LogP) is 3.58. The van der Waals surface area contributed by atoms with Crippen LogP contribution in [0.25, 0.3) is 0 Å². The number of nitrogens with zero attached hydrogens (tertiary/aromatic N) is 3. The highest BCUT2D eigenvalue weighted by Gasteiger charge is 2.36. The predicted molar refractivity (Wildman–Crippen MR) is 106 cm³/mol. The molecule has 0 radical (unpaired) electrons. The third-order valence-corrected chi connectivity index (χ3v) is 7.37. The zero-order valence-electron chi connectivity index (χ0n) is 15.5. The quantitative estimate of drug-likeness (QED) is 0.658. The molecule has 0 spiro atoms. The highest BCUT2D eigenvalue weighted by molar-refractivity contribution is 7.10. The molecule has 5 heteroatoms. The Balaban J connectivity index is 1.39. The molecule has 1 aliphatic carbocycles. The van der Waals surface area contributed by atoms with E-state index >= 15 is 0 Å². The van der Waals surface area contributed by atoms with Crippen LogP contribution in [0, 0.1) is 11.8 Å². The first-order valence-electron chi connectivity index (χ1n) is 10.1. The van der Waals surface area contributed by atoms with Gasteiger partial charge in [-0.2, -0.15) is 0 Å². The van der Waals surface area contributed by atoms with Gasteiger partial charge in [-0.3, -0.25) is 9.89 Å². The van der Waals surface area contributed by atoms with Crippen molar-refractivity contribution in [2.45, 2.75) is 44.6 Å². The Bertz CT molecular complexity index is 550. The van der Waals surface area contributed by atoms with Gasteiger partial charge in [0, 0.05) is 31.6 Å². The van der Waals surface area contributed by atoms with E-state index in [0.29, 0.717) is 6.04 Å². The fourth-order valence-electron chi connectivity index (χ4n) is 5.04. The van der Waals surface area contributed by atoms with Crippen LogP contribution in [0.2, 0.25) is 0 Å². The Labute approximate surface area is 156 Å². The molecule has 138 valence electrons. The normalized spacial score (nSPS) is 29.0. The second kappa shape index (κ2) is 8.09. The van der Waals surface area contributed by atoms with Crippen LogP contribution in [0.3, 0.4) is 0 Å². The minimum atomic E-state index is 0.490. The first kappa shape index (κ1) is 17.3. The Hall–Kier alpha value is -1.07. The van der Waals surface area contributed by atoms with Crippen LogP contribution >= 0.6 is 11.3 Å². The molecule has 1 aromatic heterocycles. The number of rotatable bonds is 4. The Morgan fingerprint density at radius 1 is 1.20 bits per heavy atom. The van der Waals surface area contributed by atoms with E-state index in [4.69, 9.17) is 0 Å². The number of nitrogens with one attached hydrogen (secondary N) is 1. The van der Waals surface area contributed by atoms with Crippen molar-refractivity contribution in [3.8, 4) is 0 Å². The molecule has 1 saturated carbocycles. The van der Waals surface area contributed by atoms with Gasteiger partial charge in [-0.25, -0.2) is 0 Å². The molecule has 0 bridgehead atoms. The monoisotopic (exact) mass is 360 g/mol. The largest absolute Gasteiger partial charge is 0.354 e. The van der Waals surface area contributed by atoms with Gasteiger partial charge >= 0.3 is 0 Å². The number of thiophene rings is 1. The van der Waals surface area contributed by atoms with Crippen molar-refractivity contribution in [1.29, 1.82) is 0 Å². The zero-order valence-corrected chi connectivity index (χ0v) is 16.3. The maximum atomic E-state index is 4.62. The van der Waals surface area contributed by atoms with Gasteiger partial charge in [0.1, 0.15) is 0 Å².